The van der Waals surface area contributed by atoms with Crippen molar-refractivity contribution in [2.24, 2.45) is 0 Å². The summed E-state index contributed by atoms with van der Waals surface area (Å²) in [7, 11) is 0. The predicted molar refractivity (Wildman–Crippen MR) is 48.2 cm³/mol. The molecule has 1 aliphatic carbocycles. The van der Waals surface area contributed by atoms with Gasteiger partial charge in [0.05, 0.1) is 10.7 Å². The van der Waals surface area contributed by atoms with Gasteiger partial charge in [-0.2, -0.15) is 0 Å². The van der Waals surface area contributed by atoms with Gasteiger partial charge < -0.3 is 0 Å². The molecule has 0 radical (unpaired) electrons. The van der Waals surface area contributed by atoms with Gasteiger partial charge in [0.15, 0.2) is 0 Å². The van der Waals surface area contributed by atoms with Gasteiger partial charge in [0, 0.05) is 11.3 Å². The Hall–Kier alpha value is -0.370. The molecule has 2 heteroatoms. The first-order valence-electron chi connectivity index (χ1n) is 4.22. The normalized spacial score (nSPS) is 17.7. The summed E-state index contributed by atoms with van der Waals surface area (Å²) in [6, 6.07) is 0. The predicted octanol–water partition coefficient (Wildman–Crippen LogP) is 3.14. The van der Waals surface area contributed by atoms with E-state index in [1.807, 2.05) is 11.3 Å². The van der Waals surface area contributed by atoms with E-state index in [1.54, 1.807) is 0 Å². The molecule has 0 aromatic carbocycles. The van der Waals surface area contributed by atoms with E-state index in [2.05, 4.69) is 24.2 Å². The number of aromatic nitrogens is 1. The van der Waals surface area contributed by atoms with Crippen molar-refractivity contribution in [1.29, 1.82) is 0 Å². The molecule has 0 aliphatic heterocycles. The Morgan fingerprint density at radius 1 is 1.55 bits per heavy atom. The average molecular weight is 167 g/mol. The summed E-state index contributed by atoms with van der Waals surface area (Å²) in [5, 5.41) is 3.58. The van der Waals surface area contributed by atoms with Gasteiger partial charge in [-0.3, -0.25) is 0 Å². The first kappa shape index (κ1) is 7.29. The second-order valence-corrected chi connectivity index (χ2v) is 4.43. The number of thiazole rings is 1. The molecular weight excluding hydrogens is 154 g/mol. The zero-order chi connectivity index (χ0) is 7.84. The highest BCUT2D eigenvalue weighted by molar-refractivity contribution is 7.09. The van der Waals surface area contributed by atoms with Crippen molar-refractivity contribution in [2.45, 2.75) is 38.5 Å². The number of hydrogen-bond donors (Lipinski definition) is 0. The minimum atomic E-state index is 0.596. The lowest BCUT2D eigenvalue weighted by atomic mass is 10.2. The molecule has 0 unspecified atom stereocenters. The van der Waals surface area contributed by atoms with Gasteiger partial charge in [-0.25, -0.2) is 4.98 Å². The molecule has 0 N–H and O–H groups in total. The van der Waals surface area contributed by atoms with Crippen LogP contribution < -0.4 is 0 Å². The molecule has 0 bridgehead atoms. The van der Waals surface area contributed by atoms with E-state index in [1.165, 1.54) is 23.5 Å². The largest absolute Gasteiger partial charge is 0.246 e. The van der Waals surface area contributed by atoms with E-state index in [0.29, 0.717) is 5.92 Å². The molecule has 1 saturated carbocycles. The Balaban J connectivity index is 2.18. The van der Waals surface area contributed by atoms with Crippen molar-refractivity contribution < 1.29 is 0 Å². The fraction of sp³-hybridized carbons (Fsp3) is 0.667. The van der Waals surface area contributed by atoms with E-state index in [0.717, 1.165) is 5.92 Å². The van der Waals surface area contributed by atoms with Gasteiger partial charge in [-0.1, -0.05) is 13.8 Å². The van der Waals surface area contributed by atoms with Crippen LogP contribution in [0, 0.1) is 0 Å². The molecule has 0 spiro atoms. The SMILES string of the molecule is CC(C)c1csc(C2CC2)n1. The second-order valence-electron chi connectivity index (χ2n) is 3.54. The summed E-state index contributed by atoms with van der Waals surface area (Å²) < 4.78 is 0. The lowest BCUT2D eigenvalue weighted by Gasteiger charge is -1.96. The molecule has 1 aliphatic rings. The number of hydrogen-bond acceptors (Lipinski definition) is 2. The van der Waals surface area contributed by atoms with Crippen molar-refractivity contribution in [1.82, 2.24) is 4.98 Å². The van der Waals surface area contributed by atoms with Crippen LogP contribution in [0.2, 0.25) is 0 Å². The summed E-state index contributed by atoms with van der Waals surface area (Å²) in [5.41, 5.74) is 1.27. The van der Waals surface area contributed by atoms with Crippen molar-refractivity contribution in [3.8, 4) is 0 Å². The third kappa shape index (κ3) is 1.45. The average Bonchev–Trinajstić information content (AvgIpc) is 2.68. The smallest absolute Gasteiger partial charge is 0.0959 e. The first-order chi connectivity index (χ1) is 5.27. The summed E-state index contributed by atoms with van der Waals surface area (Å²) >= 11 is 1.84. The quantitative estimate of drug-likeness (QED) is 0.659. The van der Waals surface area contributed by atoms with Crippen molar-refractivity contribution in [3.05, 3.63) is 16.1 Å². The fourth-order valence-corrected chi connectivity index (χ4v) is 2.24. The maximum absolute atomic E-state index is 4.59. The van der Waals surface area contributed by atoms with E-state index in [-0.39, 0.29) is 0 Å². The Labute approximate surface area is 71.5 Å². The summed E-state index contributed by atoms with van der Waals surface area (Å²) in [5.74, 6) is 1.42. The summed E-state index contributed by atoms with van der Waals surface area (Å²) in [6.45, 7) is 4.40. The molecule has 1 fully saturated rings. The minimum Gasteiger partial charge on any atom is -0.246 e. The molecule has 0 amide bonds. The van der Waals surface area contributed by atoms with Crippen LogP contribution in [-0.2, 0) is 0 Å². The van der Waals surface area contributed by atoms with E-state index in [4.69, 9.17) is 0 Å². The highest BCUT2D eigenvalue weighted by Crippen LogP contribution is 2.41. The van der Waals surface area contributed by atoms with E-state index >= 15 is 0 Å². The topological polar surface area (TPSA) is 12.9 Å². The van der Waals surface area contributed by atoms with Crippen LogP contribution in [-0.4, -0.2) is 4.98 Å². The maximum Gasteiger partial charge on any atom is 0.0959 e. The van der Waals surface area contributed by atoms with Crippen LogP contribution in [0.1, 0.15) is 49.2 Å². The molecule has 11 heavy (non-hydrogen) atoms. The maximum atomic E-state index is 4.59. The Kier molecular flexibility index (Phi) is 1.72. The van der Waals surface area contributed by atoms with Gasteiger partial charge in [0.1, 0.15) is 0 Å². The monoisotopic (exact) mass is 167 g/mol. The number of rotatable bonds is 2. The third-order valence-corrected chi connectivity index (χ3v) is 3.08. The lowest BCUT2D eigenvalue weighted by molar-refractivity contribution is 0.822. The molecule has 1 nitrogen and oxygen atoms in total. The zero-order valence-electron chi connectivity index (χ0n) is 7.00. The van der Waals surface area contributed by atoms with E-state index < -0.39 is 0 Å². The molecule has 1 aromatic rings. The summed E-state index contributed by atoms with van der Waals surface area (Å²) in [4.78, 5) is 4.59. The number of nitrogens with zero attached hydrogens (tertiary/aromatic N) is 1. The lowest BCUT2D eigenvalue weighted by Crippen LogP contribution is -1.87. The molecule has 1 heterocycles. The third-order valence-electron chi connectivity index (χ3n) is 2.06. The van der Waals surface area contributed by atoms with Crippen molar-refractivity contribution in [2.75, 3.05) is 0 Å². The summed E-state index contributed by atoms with van der Waals surface area (Å²) in [6.07, 6.45) is 2.73. The molecular formula is C9H13NS. The zero-order valence-corrected chi connectivity index (χ0v) is 7.82. The molecule has 60 valence electrons. The van der Waals surface area contributed by atoms with Crippen LogP contribution >= 0.6 is 11.3 Å². The van der Waals surface area contributed by atoms with Crippen molar-refractivity contribution >= 4 is 11.3 Å². The Morgan fingerprint density at radius 3 is 2.73 bits per heavy atom. The van der Waals surface area contributed by atoms with Crippen LogP contribution in [0.4, 0.5) is 0 Å². The Bertz CT molecular complexity index is 231. The van der Waals surface area contributed by atoms with Crippen LogP contribution in [0.3, 0.4) is 0 Å². The van der Waals surface area contributed by atoms with E-state index in [9.17, 15) is 0 Å². The first-order valence-corrected chi connectivity index (χ1v) is 5.10. The molecule has 0 saturated heterocycles. The second kappa shape index (κ2) is 2.59. The van der Waals surface area contributed by atoms with Gasteiger partial charge in [-0.15, -0.1) is 11.3 Å². The highest BCUT2D eigenvalue weighted by Gasteiger charge is 2.26. The van der Waals surface area contributed by atoms with Gasteiger partial charge >= 0.3 is 0 Å². The highest BCUT2D eigenvalue weighted by atomic mass is 32.1. The van der Waals surface area contributed by atoms with Gasteiger partial charge in [0.2, 0.25) is 0 Å². The molecule has 0 atom stereocenters. The van der Waals surface area contributed by atoms with Crippen LogP contribution in [0.25, 0.3) is 0 Å². The minimum absolute atomic E-state index is 0.596. The van der Waals surface area contributed by atoms with Crippen molar-refractivity contribution in [3.63, 3.8) is 0 Å². The molecule has 2 rings (SSSR count). The fourth-order valence-electron chi connectivity index (χ4n) is 1.08. The standard InChI is InChI=1S/C9H13NS/c1-6(2)8-5-11-9(10-8)7-3-4-7/h5-7H,3-4H2,1-2H3. The van der Waals surface area contributed by atoms with Crippen LogP contribution in [0.15, 0.2) is 5.38 Å². The Morgan fingerprint density at radius 2 is 2.27 bits per heavy atom. The molecule has 1 aromatic heterocycles. The van der Waals surface area contributed by atoms with Gasteiger partial charge in [-0.05, 0) is 18.8 Å². The van der Waals surface area contributed by atoms with Gasteiger partial charge in [0.25, 0.3) is 0 Å². The van der Waals surface area contributed by atoms with Crippen LogP contribution in [0.5, 0.6) is 0 Å².